The van der Waals surface area contributed by atoms with Crippen molar-refractivity contribution >= 4 is 29.7 Å². The molecule has 0 saturated heterocycles. The number of hydrogen-bond acceptors (Lipinski definition) is 6. The van der Waals surface area contributed by atoms with Crippen LogP contribution in [0.2, 0.25) is 0 Å². The van der Waals surface area contributed by atoms with Crippen LogP contribution in [0.15, 0.2) is 61.1 Å². The monoisotopic (exact) mass is 434 g/mol. The first-order chi connectivity index (χ1) is 15.3. The van der Waals surface area contributed by atoms with Crippen LogP contribution >= 0.6 is 0 Å². The van der Waals surface area contributed by atoms with Crippen molar-refractivity contribution in [3.8, 4) is 0 Å². The molecule has 0 fully saturated rings. The van der Waals surface area contributed by atoms with Crippen molar-refractivity contribution in [3.63, 3.8) is 0 Å². The van der Waals surface area contributed by atoms with Gasteiger partial charge in [-0.05, 0) is 28.7 Å². The summed E-state index contributed by atoms with van der Waals surface area (Å²) < 4.78 is 0. The summed E-state index contributed by atoms with van der Waals surface area (Å²) in [5.74, 6) is -1.76. The maximum absolute atomic E-state index is 13.1. The Labute approximate surface area is 187 Å². The Balaban J connectivity index is 1.83. The third-order valence-corrected chi connectivity index (χ3v) is 5.08. The number of fused-ring (bicyclic) bond motifs is 1. The molecule has 2 aromatic carbocycles. The third-order valence-electron chi connectivity index (χ3n) is 5.08. The highest BCUT2D eigenvalue weighted by Crippen LogP contribution is 2.17. The van der Waals surface area contributed by atoms with Gasteiger partial charge in [-0.1, -0.05) is 56.3 Å². The quantitative estimate of drug-likeness (QED) is 0.379. The van der Waals surface area contributed by atoms with Crippen LogP contribution in [0.4, 0.5) is 0 Å². The molecule has 0 aliphatic heterocycles. The fourth-order valence-electron chi connectivity index (χ4n) is 3.51. The van der Waals surface area contributed by atoms with E-state index < -0.39 is 30.9 Å². The lowest BCUT2D eigenvalue weighted by Gasteiger charge is -2.24. The lowest BCUT2D eigenvalue weighted by atomic mass is 9.75. The number of carbonyl (C=O) groups excluding carboxylic acids is 2. The Morgan fingerprint density at radius 3 is 2.44 bits per heavy atom. The molecule has 0 aliphatic rings. The molecule has 4 N–H and O–H groups in total. The third kappa shape index (κ3) is 6.35. The summed E-state index contributed by atoms with van der Waals surface area (Å²) in [6.07, 6.45) is 4.77. The van der Waals surface area contributed by atoms with Crippen LogP contribution in [0.5, 0.6) is 0 Å². The maximum atomic E-state index is 13.1. The second kappa shape index (κ2) is 10.8. The summed E-state index contributed by atoms with van der Waals surface area (Å²) in [4.78, 5) is 33.6. The van der Waals surface area contributed by atoms with Gasteiger partial charge in [0.05, 0.1) is 12.1 Å². The minimum Gasteiger partial charge on any atom is -0.426 e. The van der Waals surface area contributed by atoms with Crippen molar-refractivity contribution in [1.29, 1.82) is 0 Å². The van der Waals surface area contributed by atoms with E-state index in [-0.39, 0.29) is 18.0 Å². The zero-order chi connectivity index (χ0) is 23.1. The Morgan fingerprint density at radius 1 is 1.03 bits per heavy atom. The predicted molar refractivity (Wildman–Crippen MR) is 123 cm³/mol. The molecule has 0 radical (unpaired) electrons. The number of amides is 2. The Hall–Kier alpha value is -3.30. The largest absolute Gasteiger partial charge is 0.475 e. The van der Waals surface area contributed by atoms with Crippen LogP contribution in [-0.4, -0.2) is 50.9 Å². The Kier molecular flexibility index (Phi) is 7.91. The fraction of sp³-hybridized carbons (Fsp3) is 0.304. The lowest BCUT2D eigenvalue weighted by Crippen LogP contribution is -2.55. The van der Waals surface area contributed by atoms with Crippen molar-refractivity contribution in [3.05, 3.63) is 72.3 Å². The first-order valence-corrected chi connectivity index (χ1v) is 10.5. The van der Waals surface area contributed by atoms with Gasteiger partial charge in [-0.3, -0.25) is 14.6 Å². The van der Waals surface area contributed by atoms with Crippen LogP contribution in [0.3, 0.4) is 0 Å². The van der Waals surface area contributed by atoms with Gasteiger partial charge in [0, 0.05) is 18.8 Å². The number of benzene rings is 2. The summed E-state index contributed by atoms with van der Waals surface area (Å²) >= 11 is 0. The smallest absolute Gasteiger partial charge is 0.426 e. The fourth-order valence-corrected chi connectivity index (χ4v) is 3.51. The number of aromatic nitrogens is 2. The van der Waals surface area contributed by atoms with E-state index in [0.29, 0.717) is 6.42 Å². The molecule has 9 heteroatoms. The molecule has 3 rings (SSSR count). The number of nitrogens with zero attached hydrogens (tertiary/aromatic N) is 2. The van der Waals surface area contributed by atoms with E-state index in [0.717, 1.165) is 16.3 Å². The second-order valence-electron chi connectivity index (χ2n) is 8.16. The first kappa shape index (κ1) is 23.4. The molecule has 0 saturated carbocycles. The Bertz CT molecular complexity index is 1060. The van der Waals surface area contributed by atoms with Crippen LogP contribution < -0.4 is 10.6 Å². The van der Waals surface area contributed by atoms with E-state index in [1.807, 2.05) is 56.3 Å². The maximum Gasteiger partial charge on any atom is 0.475 e. The van der Waals surface area contributed by atoms with Crippen molar-refractivity contribution in [2.45, 2.75) is 38.7 Å². The molecule has 0 unspecified atom stereocenters. The zero-order valence-corrected chi connectivity index (χ0v) is 18.1. The number of carbonyl (C=O) groups is 2. The zero-order valence-electron chi connectivity index (χ0n) is 18.1. The lowest BCUT2D eigenvalue weighted by molar-refractivity contribution is -0.123. The van der Waals surface area contributed by atoms with E-state index in [9.17, 15) is 19.6 Å². The average Bonchev–Trinajstić information content (AvgIpc) is 2.78. The van der Waals surface area contributed by atoms with Crippen LogP contribution in [0.25, 0.3) is 10.8 Å². The number of rotatable bonds is 9. The first-order valence-electron chi connectivity index (χ1n) is 10.5. The van der Waals surface area contributed by atoms with Crippen molar-refractivity contribution in [2.75, 3.05) is 0 Å². The van der Waals surface area contributed by atoms with Gasteiger partial charge in [0.1, 0.15) is 11.7 Å². The van der Waals surface area contributed by atoms with Crippen molar-refractivity contribution in [1.82, 2.24) is 20.6 Å². The molecule has 8 nitrogen and oxygen atoms in total. The molecular weight excluding hydrogens is 407 g/mol. The van der Waals surface area contributed by atoms with Gasteiger partial charge in [0.2, 0.25) is 5.91 Å². The van der Waals surface area contributed by atoms with E-state index in [4.69, 9.17) is 0 Å². The minimum atomic E-state index is -1.71. The molecule has 2 atom stereocenters. The molecular formula is C23H27BN4O4. The standard InChI is InChI=1S/C23H27BN4O4/c1-15(2)11-21(24(31)32)28-22(29)19(27-23(30)20-14-25-9-10-26-20)13-16-7-8-17-5-3-4-6-18(17)12-16/h3-10,12,14-15,19,21,31-32H,11,13H2,1-2H3,(H,27,30)(H,28,29)/t19-,21-/m1/s1. The van der Waals surface area contributed by atoms with E-state index in [1.165, 1.54) is 18.6 Å². The SMILES string of the molecule is CC(C)C[C@@H](NC(=O)[C@@H](Cc1ccc2ccccc2c1)NC(=O)c1cnccn1)B(O)O. The van der Waals surface area contributed by atoms with E-state index in [1.54, 1.807) is 0 Å². The minimum absolute atomic E-state index is 0.0877. The summed E-state index contributed by atoms with van der Waals surface area (Å²) in [6, 6.07) is 12.8. The van der Waals surface area contributed by atoms with Crippen LogP contribution in [-0.2, 0) is 11.2 Å². The number of nitrogens with one attached hydrogen (secondary N) is 2. The van der Waals surface area contributed by atoms with Gasteiger partial charge in [-0.2, -0.15) is 0 Å². The highest BCUT2D eigenvalue weighted by molar-refractivity contribution is 6.43. The second-order valence-corrected chi connectivity index (χ2v) is 8.16. The van der Waals surface area contributed by atoms with Gasteiger partial charge < -0.3 is 20.7 Å². The predicted octanol–water partition coefficient (Wildman–Crippen LogP) is 1.51. The average molecular weight is 434 g/mol. The summed E-state index contributed by atoms with van der Waals surface area (Å²) in [5.41, 5.74) is 0.943. The molecule has 1 heterocycles. The highest BCUT2D eigenvalue weighted by atomic mass is 16.4. The molecule has 3 aromatic rings. The van der Waals surface area contributed by atoms with Crippen molar-refractivity contribution in [2.24, 2.45) is 5.92 Å². The molecule has 0 spiro atoms. The van der Waals surface area contributed by atoms with Gasteiger partial charge in [0.25, 0.3) is 5.91 Å². The normalized spacial score (nSPS) is 12.9. The molecule has 2 amide bonds. The summed E-state index contributed by atoms with van der Waals surface area (Å²) in [6.45, 7) is 3.84. The van der Waals surface area contributed by atoms with Crippen LogP contribution in [0, 0.1) is 5.92 Å². The number of hydrogen-bond donors (Lipinski definition) is 4. The summed E-state index contributed by atoms with van der Waals surface area (Å²) in [7, 11) is -1.71. The van der Waals surface area contributed by atoms with Gasteiger partial charge >= 0.3 is 7.12 Å². The molecule has 166 valence electrons. The molecule has 0 aliphatic carbocycles. The highest BCUT2D eigenvalue weighted by Gasteiger charge is 2.30. The molecule has 0 bridgehead atoms. The van der Waals surface area contributed by atoms with E-state index >= 15 is 0 Å². The van der Waals surface area contributed by atoms with Crippen LogP contribution in [0.1, 0.15) is 36.3 Å². The van der Waals surface area contributed by atoms with Gasteiger partial charge in [-0.15, -0.1) is 0 Å². The summed E-state index contributed by atoms with van der Waals surface area (Å²) in [5, 5.41) is 26.9. The molecule has 32 heavy (non-hydrogen) atoms. The topological polar surface area (TPSA) is 124 Å². The van der Waals surface area contributed by atoms with Gasteiger partial charge in [-0.25, -0.2) is 4.98 Å². The van der Waals surface area contributed by atoms with Crippen molar-refractivity contribution < 1.29 is 19.6 Å². The van der Waals surface area contributed by atoms with E-state index in [2.05, 4.69) is 20.6 Å². The van der Waals surface area contributed by atoms with Gasteiger partial charge in [0.15, 0.2) is 0 Å². The molecule has 1 aromatic heterocycles. The Morgan fingerprint density at radius 2 is 1.78 bits per heavy atom.